The fourth-order valence-electron chi connectivity index (χ4n) is 2.88. The summed E-state index contributed by atoms with van der Waals surface area (Å²) in [4.78, 5) is 12.5. The van der Waals surface area contributed by atoms with Crippen LogP contribution in [0.1, 0.15) is 17.5 Å². The molecule has 0 saturated carbocycles. The first kappa shape index (κ1) is 20.7. The predicted octanol–water partition coefficient (Wildman–Crippen LogP) is 2.41. The number of hydrogen-bond acceptors (Lipinski definition) is 5. The smallest absolute Gasteiger partial charge is 0.240 e. The van der Waals surface area contributed by atoms with Crippen LogP contribution in [0.5, 0.6) is 0 Å². The molecule has 0 saturated heterocycles. The van der Waals surface area contributed by atoms with Gasteiger partial charge in [0.2, 0.25) is 15.9 Å². The third-order valence-corrected chi connectivity index (χ3v) is 6.00. The molecule has 0 fully saturated rings. The van der Waals surface area contributed by atoms with Crippen molar-refractivity contribution < 1.29 is 13.2 Å². The van der Waals surface area contributed by atoms with Gasteiger partial charge in [-0.15, -0.1) is 10.2 Å². The van der Waals surface area contributed by atoms with Crippen molar-refractivity contribution in [2.24, 2.45) is 7.05 Å². The lowest BCUT2D eigenvalue weighted by Gasteiger charge is -2.11. The summed E-state index contributed by atoms with van der Waals surface area (Å²) in [5, 5.41) is 10.7. The Morgan fingerprint density at radius 3 is 2.66 bits per heavy atom. The van der Waals surface area contributed by atoms with Gasteiger partial charge in [0.1, 0.15) is 6.33 Å². The minimum Gasteiger partial charge on any atom is -0.326 e. The van der Waals surface area contributed by atoms with Crippen LogP contribution >= 0.6 is 0 Å². The third-order valence-electron chi connectivity index (χ3n) is 4.39. The second-order valence-electron chi connectivity index (χ2n) is 6.81. The van der Waals surface area contributed by atoms with Gasteiger partial charge in [-0.05, 0) is 43.2 Å². The molecule has 3 rings (SSSR count). The molecule has 0 aliphatic rings. The van der Waals surface area contributed by atoms with E-state index in [1.807, 2.05) is 32.2 Å². The van der Waals surface area contributed by atoms with E-state index in [-0.39, 0.29) is 23.8 Å². The minimum atomic E-state index is -3.67. The average molecular weight is 414 g/mol. The summed E-state index contributed by atoms with van der Waals surface area (Å²) in [6, 6.07) is 12.5. The molecule has 2 N–H and O–H groups in total. The van der Waals surface area contributed by atoms with Gasteiger partial charge in [-0.25, -0.2) is 13.1 Å². The van der Waals surface area contributed by atoms with Gasteiger partial charge in [-0.2, -0.15) is 0 Å². The normalized spacial score (nSPS) is 11.4. The molecular weight excluding hydrogens is 390 g/mol. The number of amides is 1. The fraction of sp³-hybridized carbons (Fsp3) is 0.250. The van der Waals surface area contributed by atoms with Gasteiger partial charge in [-0.3, -0.25) is 4.79 Å². The lowest BCUT2D eigenvalue weighted by Crippen LogP contribution is -2.28. The number of anilines is 1. The molecule has 0 aliphatic heterocycles. The lowest BCUT2D eigenvalue weighted by molar-refractivity contribution is -0.116. The second-order valence-corrected chi connectivity index (χ2v) is 8.55. The van der Waals surface area contributed by atoms with E-state index in [0.29, 0.717) is 17.1 Å². The van der Waals surface area contributed by atoms with Gasteiger partial charge in [-0.1, -0.05) is 24.3 Å². The molecule has 29 heavy (non-hydrogen) atoms. The average Bonchev–Trinajstić information content (AvgIpc) is 3.09. The van der Waals surface area contributed by atoms with Crippen LogP contribution in [0.4, 0.5) is 5.69 Å². The van der Waals surface area contributed by atoms with E-state index in [4.69, 9.17) is 0 Å². The van der Waals surface area contributed by atoms with Crippen molar-refractivity contribution in [3.05, 3.63) is 59.9 Å². The molecule has 152 valence electrons. The van der Waals surface area contributed by atoms with Gasteiger partial charge in [0.25, 0.3) is 0 Å². The predicted molar refractivity (Wildman–Crippen MR) is 111 cm³/mol. The SMILES string of the molecule is Cc1ccc(C)c(S(=O)(=O)NCCC(=O)Nc2cccc(-c3nncn3C)c2)c1. The Balaban J connectivity index is 1.59. The molecule has 0 spiro atoms. The monoisotopic (exact) mass is 413 g/mol. The standard InChI is InChI=1S/C20H23N5O3S/c1-14-7-8-15(2)18(11-14)29(27,28)22-10-9-19(26)23-17-6-4-5-16(12-17)20-24-21-13-25(20)3/h4-8,11-13,22H,9-10H2,1-3H3,(H,23,26). The number of sulfonamides is 1. The molecule has 1 aromatic heterocycles. The lowest BCUT2D eigenvalue weighted by atomic mass is 10.2. The largest absolute Gasteiger partial charge is 0.326 e. The number of carbonyl (C=O) groups excluding carboxylic acids is 1. The first-order valence-corrected chi connectivity index (χ1v) is 10.6. The van der Waals surface area contributed by atoms with Crippen LogP contribution in [0.3, 0.4) is 0 Å². The number of benzene rings is 2. The van der Waals surface area contributed by atoms with E-state index in [9.17, 15) is 13.2 Å². The molecule has 0 atom stereocenters. The molecule has 0 radical (unpaired) electrons. The summed E-state index contributed by atoms with van der Waals surface area (Å²) < 4.78 is 29.3. The van der Waals surface area contributed by atoms with E-state index < -0.39 is 10.0 Å². The number of rotatable bonds is 7. The molecule has 1 amide bonds. The zero-order chi connectivity index (χ0) is 21.0. The Bertz CT molecular complexity index is 1140. The molecule has 1 heterocycles. The third kappa shape index (κ3) is 5.07. The van der Waals surface area contributed by atoms with E-state index in [1.165, 1.54) is 0 Å². The van der Waals surface area contributed by atoms with E-state index in [0.717, 1.165) is 11.1 Å². The molecule has 0 bridgehead atoms. The number of nitrogens with zero attached hydrogens (tertiary/aromatic N) is 3. The molecule has 8 nitrogen and oxygen atoms in total. The molecule has 2 aromatic carbocycles. The maximum absolute atomic E-state index is 12.5. The summed E-state index contributed by atoms with van der Waals surface area (Å²) in [6.07, 6.45) is 1.61. The van der Waals surface area contributed by atoms with Crippen molar-refractivity contribution in [1.82, 2.24) is 19.5 Å². The Labute approximate surface area is 170 Å². The zero-order valence-corrected chi connectivity index (χ0v) is 17.3. The maximum atomic E-state index is 12.5. The van der Waals surface area contributed by atoms with Crippen molar-refractivity contribution in [3.63, 3.8) is 0 Å². The Morgan fingerprint density at radius 1 is 1.14 bits per heavy atom. The van der Waals surface area contributed by atoms with Crippen LogP contribution in [0.2, 0.25) is 0 Å². The van der Waals surface area contributed by atoms with Crippen LogP contribution in [0, 0.1) is 13.8 Å². The van der Waals surface area contributed by atoms with E-state index >= 15 is 0 Å². The van der Waals surface area contributed by atoms with Crippen molar-refractivity contribution in [2.45, 2.75) is 25.2 Å². The van der Waals surface area contributed by atoms with Crippen LogP contribution in [-0.2, 0) is 21.9 Å². The molecule has 3 aromatic rings. The first-order chi connectivity index (χ1) is 13.8. The number of hydrogen-bond donors (Lipinski definition) is 2. The molecule has 9 heteroatoms. The summed E-state index contributed by atoms with van der Waals surface area (Å²) in [6.45, 7) is 3.58. The maximum Gasteiger partial charge on any atom is 0.240 e. The Kier molecular flexibility index (Phi) is 6.09. The zero-order valence-electron chi connectivity index (χ0n) is 16.5. The molecular formula is C20H23N5O3S. The van der Waals surface area contributed by atoms with Gasteiger partial charge >= 0.3 is 0 Å². The van der Waals surface area contributed by atoms with Crippen LogP contribution in [-0.4, -0.2) is 35.6 Å². The van der Waals surface area contributed by atoms with Crippen molar-refractivity contribution >= 4 is 21.6 Å². The summed E-state index contributed by atoms with van der Waals surface area (Å²) in [5.41, 5.74) is 2.94. The molecule has 0 unspecified atom stereocenters. The Morgan fingerprint density at radius 2 is 1.93 bits per heavy atom. The van der Waals surface area contributed by atoms with Crippen LogP contribution in [0.15, 0.2) is 53.7 Å². The number of carbonyl (C=O) groups is 1. The summed E-state index contributed by atoms with van der Waals surface area (Å²) in [7, 11) is -1.84. The quantitative estimate of drug-likeness (QED) is 0.619. The van der Waals surface area contributed by atoms with Gasteiger partial charge < -0.3 is 9.88 Å². The van der Waals surface area contributed by atoms with Gasteiger partial charge in [0.05, 0.1) is 4.90 Å². The van der Waals surface area contributed by atoms with Crippen LogP contribution < -0.4 is 10.0 Å². The second kappa shape index (κ2) is 8.54. The van der Waals surface area contributed by atoms with Crippen molar-refractivity contribution in [2.75, 3.05) is 11.9 Å². The highest BCUT2D eigenvalue weighted by molar-refractivity contribution is 7.89. The summed E-state index contributed by atoms with van der Waals surface area (Å²) >= 11 is 0. The highest BCUT2D eigenvalue weighted by Crippen LogP contribution is 2.20. The number of aromatic nitrogens is 3. The van der Waals surface area contributed by atoms with Crippen LogP contribution in [0.25, 0.3) is 11.4 Å². The minimum absolute atomic E-state index is 0.00449. The van der Waals surface area contributed by atoms with Gasteiger partial charge in [0, 0.05) is 31.3 Å². The van der Waals surface area contributed by atoms with Crippen molar-refractivity contribution in [1.29, 1.82) is 0 Å². The highest BCUT2D eigenvalue weighted by Gasteiger charge is 2.17. The first-order valence-electron chi connectivity index (χ1n) is 9.07. The number of aryl methyl sites for hydroxylation is 3. The van der Waals surface area contributed by atoms with Crippen molar-refractivity contribution in [3.8, 4) is 11.4 Å². The number of nitrogens with one attached hydrogen (secondary N) is 2. The van der Waals surface area contributed by atoms with E-state index in [1.54, 1.807) is 42.1 Å². The topological polar surface area (TPSA) is 106 Å². The van der Waals surface area contributed by atoms with E-state index in [2.05, 4.69) is 20.2 Å². The molecule has 0 aliphatic carbocycles. The van der Waals surface area contributed by atoms with Gasteiger partial charge in [0.15, 0.2) is 5.82 Å². The highest BCUT2D eigenvalue weighted by atomic mass is 32.2. The summed E-state index contributed by atoms with van der Waals surface area (Å²) in [5.74, 6) is 0.395. The fourth-order valence-corrected chi connectivity index (χ4v) is 4.24. The Hall–Kier alpha value is -3.04.